The predicted molar refractivity (Wildman–Crippen MR) is 76.7 cm³/mol. The minimum absolute atomic E-state index is 0.280. The molecule has 0 aliphatic carbocycles. The summed E-state index contributed by atoms with van der Waals surface area (Å²) in [6, 6.07) is 16.4. The molecule has 0 saturated carbocycles. The zero-order chi connectivity index (χ0) is 13.7. The standard InChI is InChI=1S/C15H14ClNO2/c1-19-13-10-6-5-9-12(13)17-15(18)14(16)11-7-3-2-4-8-11/h2-10,14H,1H3,(H,17,18). The van der Waals surface area contributed by atoms with E-state index in [0.29, 0.717) is 11.4 Å². The van der Waals surface area contributed by atoms with Crippen LogP contribution in [-0.2, 0) is 4.79 Å². The number of amides is 1. The fraction of sp³-hybridized carbons (Fsp3) is 0.133. The molecule has 0 bridgehead atoms. The summed E-state index contributed by atoms with van der Waals surface area (Å²) in [7, 11) is 1.56. The number of benzene rings is 2. The Morgan fingerprint density at radius 2 is 1.74 bits per heavy atom. The summed E-state index contributed by atoms with van der Waals surface area (Å²) in [5, 5.41) is 2.03. The number of anilines is 1. The van der Waals surface area contributed by atoms with Crippen LogP contribution in [0.3, 0.4) is 0 Å². The van der Waals surface area contributed by atoms with Gasteiger partial charge in [-0.05, 0) is 17.7 Å². The number of alkyl halides is 1. The Morgan fingerprint density at radius 1 is 1.11 bits per heavy atom. The van der Waals surface area contributed by atoms with Crippen molar-refractivity contribution in [2.45, 2.75) is 5.38 Å². The zero-order valence-corrected chi connectivity index (χ0v) is 11.2. The van der Waals surface area contributed by atoms with Gasteiger partial charge in [0.2, 0.25) is 5.91 Å². The van der Waals surface area contributed by atoms with Crippen LogP contribution in [0.25, 0.3) is 0 Å². The van der Waals surface area contributed by atoms with Crippen LogP contribution in [-0.4, -0.2) is 13.0 Å². The van der Waals surface area contributed by atoms with E-state index < -0.39 is 5.38 Å². The maximum Gasteiger partial charge on any atom is 0.247 e. The van der Waals surface area contributed by atoms with Gasteiger partial charge in [-0.25, -0.2) is 0 Å². The van der Waals surface area contributed by atoms with Gasteiger partial charge in [0.05, 0.1) is 12.8 Å². The van der Waals surface area contributed by atoms with Gasteiger partial charge in [-0.2, -0.15) is 0 Å². The summed E-state index contributed by atoms with van der Waals surface area (Å²) >= 11 is 6.15. The molecular formula is C15H14ClNO2. The van der Waals surface area contributed by atoms with Gasteiger partial charge in [0.15, 0.2) is 0 Å². The van der Waals surface area contributed by atoms with E-state index in [4.69, 9.17) is 16.3 Å². The molecule has 0 radical (unpaired) electrons. The normalized spacial score (nSPS) is 11.7. The Labute approximate surface area is 117 Å². The smallest absolute Gasteiger partial charge is 0.247 e. The van der Waals surface area contributed by atoms with Crippen LogP contribution < -0.4 is 10.1 Å². The highest BCUT2D eigenvalue weighted by molar-refractivity contribution is 6.32. The lowest BCUT2D eigenvalue weighted by Crippen LogP contribution is -2.17. The number of methoxy groups -OCH3 is 1. The van der Waals surface area contributed by atoms with Crippen LogP contribution in [0.5, 0.6) is 5.75 Å². The molecule has 0 saturated heterocycles. The second-order valence-corrected chi connectivity index (χ2v) is 4.40. The van der Waals surface area contributed by atoms with Crippen LogP contribution in [0.1, 0.15) is 10.9 Å². The molecule has 0 aliphatic rings. The largest absolute Gasteiger partial charge is 0.495 e. The van der Waals surface area contributed by atoms with Crippen molar-refractivity contribution in [2.24, 2.45) is 0 Å². The Kier molecular flexibility index (Phi) is 4.42. The molecule has 0 aliphatic heterocycles. The Hall–Kier alpha value is -2.00. The van der Waals surface area contributed by atoms with Crippen LogP contribution >= 0.6 is 11.6 Å². The minimum Gasteiger partial charge on any atom is -0.495 e. The van der Waals surface area contributed by atoms with Crippen molar-refractivity contribution in [3.63, 3.8) is 0 Å². The van der Waals surface area contributed by atoms with Crippen molar-refractivity contribution in [3.8, 4) is 5.75 Å². The van der Waals surface area contributed by atoms with Gasteiger partial charge < -0.3 is 10.1 Å². The Morgan fingerprint density at radius 3 is 2.42 bits per heavy atom. The molecule has 1 unspecified atom stereocenters. The number of halogens is 1. The van der Waals surface area contributed by atoms with E-state index in [1.54, 1.807) is 19.2 Å². The van der Waals surface area contributed by atoms with Crippen LogP contribution in [0, 0.1) is 0 Å². The summed E-state index contributed by atoms with van der Waals surface area (Å²) in [5.41, 5.74) is 1.37. The van der Waals surface area contributed by atoms with Gasteiger partial charge in [-0.15, -0.1) is 11.6 Å². The van der Waals surface area contributed by atoms with Crippen molar-refractivity contribution < 1.29 is 9.53 Å². The van der Waals surface area contributed by atoms with Gasteiger partial charge in [0.1, 0.15) is 11.1 Å². The third-order valence-corrected chi connectivity index (χ3v) is 3.14. The number of para-hydroxylation sites is 2. The van der Waals surface area contributed by atoms with Crippen molar-refractivity contribution >= 4 is 23.2 Å². The summed E-state index contributed by atoms with van der Waals surface area (Å²) in [6.07, 6.45) is 0. The van der Waals surface area contributed by atoms with E-state index >= 15 is 0 Å². The first-order chi connectivity index (χ1) is 9.22. The SMILES string of the molecule is COc1ccccc1NC(=O)C(Cl)c1ccccc1. The Balaban J connectivity index is 2.13. The topological polar surface area (TPSA) is 38.3 Å². The lowest BCUT2D eigenvalue weighted by atomic mass is 10.1. The summed E-state index contributed by atoms with van der Waals surface area (Å²) in [5.74, 6) is 0.324. The molecule has 1 N–H and O–H groups in total. The maximum absolute atomic E-state index is 12.1. The highest BCUT2D eigenvalue weighted by Crippen LogP contribution is 2.27. The first-order valence-electron chi connectivity index (χ1n) is 5.85. The average Bonchev–Trinajstić information content (AvgIpc) is 2.48. The number of hydrogen-bond donors (Lipinski definition) is 1. The predicted octanol–water partition coefficient (Wildman–Crippen LogP) is 3.61. The molecule has 19 heavy (non-hydrogen) atoms. The van der Waals surface area contributed by atoms with E-state index in [1.165, 1.54) is 0 Å². The summed E-state index contributed by atoms with van der Waals surface area (Å²) in [6.45, 7) is 0. The maximum atomic E-state index is 12.1. The van der Waals surface area contributed by atoms with Crippen molar-refractivity contribution in [2.75, 3.05) is 12.4 Å². The molecule has 3 nitrogen and oxygen atoms in total. The fourth-order valence-corrected chi connectivity index (χ4v) is 1.92. The molecule has 98 valence electrons. The molecule has 0 aromatic heterocycles. The number of nitrogens with one attached hydrogen (secondary N) is 1. The van der Waals surface area contributed by atoms with E-state index in [1.807, 2.05) is 42.5 Å². The second-order valence-electron chi connectivity index (χ2n) is 3.96. The summed E-state index contributed by atoms with van der Waals surface area (Å²) < 4.78 is 5.17. The Bertz CT molecular complexity index is 557. The number of ether oxygens (including phenoxy) is 1. The van der Waals surface area contributed by atoms with Gasteiger partial charge in [0.25, 0.3) is 0 Å². The number of rotatable bonds is 4. The lowest BCUT2D eigenvalue weighted by molar-refractivity contribution is -0.116. The van der Waals surface area contributed by atoms with Crippen LogP contribution in [0.4, 0.5) is 5.69 Å². The number of carbonyl (C=O) groups excluding carboxylic acids is 1. The molecule has 2 rings (SSSR count). The van der Waals surface area contributed by atoms with Crippen molar-refractivity contribution in [1.29, 1.82) is 0 Å². The monoisotopic (exact) mass is 275 g/mol. The van der Waals surface area contributed by atoms with Crippen LogP contribution in [0.2, 0.25) is 0 Å². The molecule has 4 heteroatoms. The summed E-state index contributed by atoms with van der Waals surface area (Å²) in [4.78, 5) is 12.1. The number of carbonyl (C=O) groups is 1. The average molecular weight is 276 g/mol. The highest BCUT2D eigenvalue weighted by atomic mass is 35.5. The van der Waals surface area contributed by atoms with E-state index in [0.717, 1.165) is 5.56 Å². The second kappa shape index (κ2) is 6.25. The first-order valence-corrected chi connectivity index (χ1v) is 6.29. The van der Waals surface area contributed by atoms with E-state index in [2.05, 4.69) is 5.32 Å². The molecule has 0 spiro atoms. The van der Waals surface area contributed by atoms with Gasteiger partial charge >= 0.3 is 0 Å². The molecular weight excluding hydrogens is 262 g/mol. The van der Waals surface area contributed by atoms with Gasteiger partial charge in [-0.3, -0.25) is 4.79 Å². The molecule has 1 atom stereocenters. The van der Waals surface area contributed by atoms with Gasteiger partial charge in [0, 0.05) is 0 Å². The number of hydrogen-bond acceptors (Lipinski definition) is 2. The third kappa shape index (κ3) is 3.26. The van der Waals surface area contributed by atoms with E-state index in [9.17, 15) is 4.79 Å². The highest BCUT2D eigenvalue weighted by Gasteiger charge is 2.18. The molecule has 1 amide bonds. The van der Waals surface area contributed by atoms with E-state index in [-0.39, 0.29) is 5.91 Å². The van der Waals surface area contributed by atoms with Crippen LogP contribution in [0.15, 0.2) is 54.6 Å². The van der Waals surface area contributed by atoms with Gasteiger partial charge in [-0.1, -0.05) is 42.5 Å². The minimum atomic E-state index is -0.730. The third-order valence-electron chi connectivity index (χ3n) is 2.69. The quantitative estimate of drug-likeness (QED) is 0.866. The van der Waals surface area contributed by atoms with Crippen molar-refractivity contribution in [1.82, 2.24) is 0 Å². The lowest BCUT2D eigenvalue weighted by Gasteiger charge is -2.13. The van der Waals surface area contributed by atoms with Crippen molar-refractivity contribution in [3.05, 3.63) is 60.2 Å². The first kappa shape index (κ1) is 13.4. The zero-order valence-electron chi connectivity index (χ0n) is 10.5. The molecule has 2 aromatic carbocycles. The molecule has 2 aromatic rings. The fourth-order valence-electron chi connectivity index (χ4n) is 1.72. The molecule has 0 fully saturated rings. The molecule has 0 heterocycles.